The maximum atomic E-state index is 12.6. The van der Waals surface area contributed by atoms with Crippen molar-refractivity contribution in [2.24, 2.45) is 22.7 Å². The molecule has 1 saturated carbocycles. The number of hydrogen-bond acceptors (Lipinski definition) is 4. The third kappa shape index (κ3) is 12.3. The zero-order chi connectivity index (χ0) is 24.0. The fraction of sp³-hybridized carbons (Fsp3) is 0.929. The lowest BCUT2D eigenvalue weighted by Gasteiger charge is -2.30. The molecule has 1 aliphatic rings. The molecular weight excluding hydrogens is 400 g/mol. The Morgan fingerprint density at radius 1 is 0.625 bits per heavy atom. The van der Waals surface area contributed by atoms with Crippen molar-refractivity contribution >= 4 is 11.9 Å². The molecule has 0 aliphatic heterocycles. The Hall–Kier alpha value is -1.06. The molecule has 1 aliphatic carbocycles. The summed E-state index contributed by atoms with van der Waals surface area (Å²) in [6.07, 6.45) is 15.0. The van der Waals surface area contributed by atoms with Gasteiger partial charge in [-0.05, 0) is 49.4 Å². The Bertz CT molecular complexity index is 482. The number of esters is 2. The minimum Gasteiger partial charge on any atom is -0.465 e. The van der Waals surface area contributed by atoms with Crippen LogP contribution in [0.2, 0.25) is 0 Å². The number of rotatable bonds is 16. The van der Waals surface area contributed by atoms with E-state index in [1.807, 2.05) is 0 Å². The Kier molecular flexibility index (Phi) is 13.5. The lowest BCUT2D eigenvalue weighted by molar-refractivity contribution is -0.158. The second-order valence-electron chi connectivity index (χ2n) is 11.7. The van der Waals surface area contributed by atoms with Gasteiger partial charge < -0.3 is 9.47 Å². The van der Waals surface area contributed by atoms with Crippen LogP contribution in [0.5, 0.6) is 0 Å². The molecule has 0 saturated heterocycles. The monoisotopic (exact) mass is 452 g/mol. The second kappa shape index (κ2) is 15.0. The van der Waals surface area contributed by atoms with Crippen molar-refractivity contribution < 1.29 is 19.1 Å². The standard InChI is InChI=1S/C28H52O4/c1-7-9-11-13-19-27(3,4)21-31-25(29)23-15-17-24(18-16-23)26(30)32-22-28(5,6)20-14-12-10-8-2/h23-24H,7-22H2,1-6H3. The van der Waals surface area contributed by atoms with Crippen LogP contribution in [-0.4, -0.2) is 25.2 Å². The minimum absolute atomic E-state index is 0.0355. The van der Waals surface area contributed by atoms with Gasteiger partial charge in [-0.3, -0.25) is 9.59 Å². The number of unbranched alkanes of at least 4 members (excludes halogenated alkanes) is 6. The average Bonchev–Trinajstić information content (AvgIpc) is 2.77. The van der Waals surface area contributed by atoms with Crippen molar-refractivity contribution in [2.75, 3.05) is 13.2 Å². The number of hydrogen-bond donors (Lipinski definition) is 0. The van der Waals surface area contributed by atoms with Crippen LogP contribution in [0, 0.1) is 22.7 Å². The molecule has 0 aromatic rings. The molecule has 4 heteroatoms. The van der Waals surface area contributed by atoms with Crippen LogP contribution in [0.3, 0.4) is 0 Å². The summed E-state index contributed by atoms with van der Waals surface area (Å²) in [4.78, 5) is 25.1. The van der Waals surface area contributed by atoms with E-state index in [-0.39, 0.29) is 34.6 Å². The first-order chi connectivity index (χ1) is 15.1. The maximum Gasteiger partial charge on any atom is 0.308 e. The highest BCUT2D eigenvalue weighted by molar-refractivity contribution is 5.75. The minimum atomic E-state index is -0.0772. The quantitative estimate of drug-likeness (QED) is 0.176. The molecule has 0 aromatic heterocycles. The Balaban J connectivity index is 2.28. The van der Waals surface area contributed by atoms with E-state index < -0.39 is 0 Å². The van der Waals surface area contributed by atoms with Gasteiger partial charge >= 0.3 is 11.9 Å². The Morgan fingerprint density at radius 3 is 1.28 bits per heavy atom. The van der Waals surface area contributed by atoms with Gasteiger partial charge in [-0.2, -0.15) is 0 Å². The highest BCUT2D eigenvalue weighted by Crippen LogP contribution is 2.32. The molecule has 0 amide bonds. The van der Waals surface area contributed by atoms with Crippen molar-refractivity contribution in [1.82, 2.24) is 0 Å². The molecule has 4 nitrogen and oxygen atoms in total. The van der Waals surface area contributed by atoms with Gasteiger partial charge in [0.1, 0.15) is 0 Å². The molecular formula is C28H52O4. The Morgan fingerprint density at radius 2 is 0.969 bits per heavy atom. The predicted molar refractivity (Wildman–Crippen MR) is 132 cm³/mol. The zero-order valence-corrected chi connectivity index (χ0v) is 22.1. The van der Waals surface area contributed by atoms with E-state index in [9.17, 15) is 9.59 Å². The van der Waals surface area contributed by atoms with Gasteiger partial charge in [-0.15, -0.1) is 0 Å². The highest BCUT2D eigenvalue weighted by atomic mass is 16.5. The molecule has 1 fully saturated rings. The van der Waals surface area contributed by atoms with E-state index in [0.29, 0.717) is 13.2 Å². The summed E-state index contributed by atoms with van der Waals surface area (Å²) in [5.74, 6) is -0.284. The first-order valence-electron chi connectivity index (χ1n) is 13.4. The summed E-state index contributed by atoms with van der Waals surface area (Å²) < 4.78 is 11.4. The first kappa shape index (κ1) is 29.0. The third-order valence-electron chi connectivity index (χ3n) is 7.02. The van der Waals surface area contributed by atoms with Crippen LogP contribution in [-0.2, 0) is 19.1 Å². The van der Waals surface area contributed by atoms with Gasteiger partial charge in [0.25, 0.3) is 0 Å². The Labute approximate surface area is 198 Å². The molecule has 0 spiro atoms. The normalized spacial score (nSPS) is 19.6. The maximum absolute atomic E-state index is 12.6. The van der Waals surface area contributed by atoms with Crippen LogP contribution in [0.4, 0.5) is 0 Å². The molecule has 0 radical (unpaired) electrons. The molecule has 0 heterocycles. The predicted octanol–water partition coefficient (Wildman–Crippen LogP) is 7.87. The molecule has 32 heavy (non-hydrogen) atoms. The van der Waals surface area contributed by atoms with E-state index in [2.05, 4.69) is 41.5 Å². The largest absolute Gasteiger partial charge is 0.465 e. The van der Waals surface area contributed by atoms with Crippen LogP contribution in [0.15, 0.2) is 0 Å². The highest BCUT2D eigenvalue weighted by Gasteiger charge is 2.33. The van der Waals surface area contributed by atoms with Crippen LogP contribution >= 0.6 is 0 Å². The average molecular weight is 453 g/mol. The van der Waals surface area contributed by atoms with E-state index in [1.54, 1.807) is 0 Å². The third-order valence-corrected chi connectivity index (χ3v) is 7.02. The summed E-state index contributed by atoms with van der Waals surface area (Å²) in [6, 6.07) is 0. The lowest BCUT2D eigenvalue weighted by Crippen LogP contribution is -2.31. The molecule has 0 aromatic carbocycles. The lowest BCUT2D eigenvalue weighted by atomic mass is 9.82. The summed E-state index contributed by atoms with van der Waals surface area (Å²) in [5.41, 5.74) is 0.0709. The van der Waals surface area contributed by atoms with Gasteiger partial charge in [0.15, 0.2) is 0 Å². The van der Waals surface area contributed by atoms with Crippen molar-refractivity contribution in [3.8, 4) is 0 Å². The summed E-state index contributed by atoms with van der Waals surface area (Å²) in [6.45, 7) is 14.2. The second-order valence-corrected chi connectivity index (χ2v) is 11.7. The van der Waals surface area contributed by atoms with Crippen molar-refractivity contribution in [2.45, 2.75) is 131 Å². The first-order valence-corrected chi connectivity index (χ1v) is 13.4. The topological polar surface area (TPSA) is 52.6 Å². The molecule has 1 rings (SSSR count). The van der Waals surface area contributed by atoms with E-state index in [1.165, 1.54) is 51.4 Å². The van der Waals surface area contributed by atoms with Gasteiger partial charge in [0.2, 0.25) is 0 Å². The fourth-order valence-electron chi connectivity index (χ4n) is 4.54. The fourth-order valence-corrected chi connectivity index (χ4v) is 4.54. The van der Waals surface area contributed by atoms with E-state index in [0.717, 1.165) is 38.5 Å². The van der Waals surface area contributed by atoms with Gasteiger partial charge in [-0.25, -0.2) is 0 Å². The van der Waals surface area contributed by atoms with Crippen molar-refractivity contribution in [3.05, 3.63) is 0 Å². The summed E-state index contributed by atoms with van der Waals surface area (Å²) in [7, 11) is 0. The summed E-state index contributed by atoms with van der Waals surface area (Å²) >= 11 is 0. The van der Waals surface area contributed by atoms with Gasteiger partial charge in [0.05, 0.1) is 25.0 Å². The SMILES string of the molecule is CCCCCCC(C)(C)COC(=O)C1CCC(C(=O)OCC(C)(C)CCCCCC)CC1. The van der Waals surface area contributed by atoms with Crippen molar-refractivity contribution in [3.63, 3.8) is 0 Å². The van der Waals surface area contributed by atoms with E-state index in [4.69, 9.17) is 9.47 Å². The van der Waals surface area contributed by atoms with Gasteiger partial charge in [-0.1, -0.05) is 92.9 Å². The van der Waals surface area contributed by atoms with Crippen molar-refractivity contribution in [1.29, 1.82) is 0 Å². The number of carbonyl (C=O) groups excluding carboxylic acids is 2. The molecule has 0 bridgehead atoms. The number of ether oxygens (including phenoxy) is 2. The molecule has 0 N–H and O–H groups in total. The van der Waals surface area contributed by atoms with Crippen LogP contribution in [0.1, 0.15) is 131 Å². The van der Waals surface area contributed by atoms with Gasteiger partial charge in [0, 0.05) is 0 Å². The molecule has 0 unspecified atom stereocenters. The number of carbonyl (C=O) groups is 2. The molecule has 0 atom stereocenters. The molecule has 188 valence electrons. The van der Waals surface area contributed by atoms with Crippen LogP contribution < -0.4 is 0 Å². The van der Waals surface area contributed by atoms with E-state index >= 15 is 0 Å². The van der Waals surface area contributed by atoms with Crippen LogP contribution in [0.25, 0.3) is 0 Å². The zero-order valence-electron chi connectivity index (χ0n) is 22.1. The smallest absolute Gasteiger partial charge is 0.308 e. The summed E-state index contributed by atoms with van der Waals surface area (Å²) in [5, 5.41) is 0.